The molecule has 4 heteroatoms. The summed E-state index contributed by atoms with van der Waals surface area (Å²) in [6, 6.07) is 1.71. The summed E-state index contributed by atoms with van der Waals surface area (Å²) in [6.07, 6.45) is 5.27. The number of nitrogens with zero attached hydrogens (tertiary/aromatic N) is 1. The van der Waals surface area contributed by atoms with Crippen molar-refractivity contribution in [1.29, 1.82) is 0 Å². The minimum atomic E-state index is -0.121. The molecule has 1 N–H and O–H groups in total. The molecule has 16 heavy (non-hydrogen) atoms. The molecule has 2 rings (SSSR count). The summed E-state index contributed by atoms with van der Waals surface area (Å²) in [7, 11) is 0. The van der Waals surface area contributed by atoms with E-state index in [1.165, 1.54) is 25.5 Å². The van der Waals surface area contributed by atoms with E-state index < -0.39 is 0 Å². The van der Waals surface area contributed by atoms with Gasteiger partial charge in [0.05, 0.1) is 10.6 Å². The lowest BCUT2D eigenvalue weighted by Gasteiger charge is -2.25. The van der Waals surface area contributed by atoms with Gasteiger partial charge in [0.15, 0.2) is 0 Å². The lowest BCUT2D eigenvalue weighted by atomic mass is 9.85. The zero-order valence-corrected chi connectivity index (χ0v) is 10.0. The molecular formula is C12H15ClN2O. The van der Waals surface area contributed by atoms with Gasteiger partial charge in [-0.1, -0.05) is 18.0 Å². The van der Waals surface area contributed by atoms with E-state index in [0.29, 0.717) is 16.5 Å². The summed E-state index contributed by atoms with van der Waals surface area (Å²) in [5.41, 5.74) is 1.28. The molecule has 0 aliphatic heterocycles. The predicted molar refractivity (Wildman–Crippen MR) is 63.7 cm³/mol. The molecule has 1 amide bonds. The van der Waals surface area contributed by atoms with Crippen molar-refractivity contribution in [1.82, 2.24) is 10.3 Å². The molecule has 1 fully saturated rings. The molecule has 0 atom stereocenters. The Morgan fingerprint density at radius 3 is 2.94 bits per heavy atom. The molecule has 86 valence electrons. The van der Waals surface area contributed by atoms with E-state index in [-0.39, 0.29) is 5.91 Å². The second kappa shape index (κ2) is 4.83. The van der Waals surface area contributed by atoms with Crippen LogP contribution in [0.3, 0.4) is 0 Å². The molecule has 3 nitrogen and oxygen atoms in total. The third kappa shape index (κ3) is 2.53. The highest BCUT2D eigenvalue weighted by atomic mass is 35.5. The van der Waals surface area contributed by atoms with Crippen molar-refractivity contribution in [3.8, 4) is 0 Å². The van der Waals surface area contributed by atoms with E-state index in [0.717, 1.165) is 12.2 Å². The van der Waals surface area contributed by atoms with Gasteiger partial charge in [0.1, 0.15) is 0 Å². The second-order valence-corrected chi connectivity index (χ2v) is 4.72. The highest BCUT2D eigenvalue weighted by Crippen LogP contribution is 2.25. The number of carbonyl (C=O) groups excluding carboxylic acids is 1. The number of aromatic nitrogens is 1. The number of rotatable bonds is 3. The van der Waals surface area contributed by atoms with Crippen LogP contribution in [0.5, 0.6) is 0 Å². The first kappa shape index (κ1) is 11.4. The van der Waals surface area contributed by atoms with Gasteiger partial charge in [0.25, 0.3) is 5.91 Å². The van der Waals surface area contributed by atoms with Gasteiger partial charge in [-0.3, -0.25) is 9.78 Å². The van der Waals surface area contributed by atoms with E-state index in [9.17, 15) is 4.79 Å². The third-order valence-corrected chi connectivity index (χ3v) is 3.32. The fraction of sp³-hybridized carbons (Fsp3) is 0.500. The van der Waals surface area contributed by atoms with Crippen LogP contribution in [0.15, 0.2) is 12.3 Å². The maximum Gasteiger partial charge on any atom is 0.254 e. The molecule has 1 aliphatic carbocycles. The van der Waals surface area contributed by atoms with E-state index in [2.05, 4.69) is 10.3 Å². The first-order valence-corrected chi connectivity index (χ1v) is 5.95. The Balaban J connectivity index is 1.96. The average molecular weight is 239 g/mol. The molecule has 1 aliphatic rings. The number of pyridine rings is 1. The number of hydrogen-bond acceptors (Lipinski definition) is 2. The van der Waals surface area contributed by atoms with Crippen molar-refractivity contribution < 1.29 is 4.79 Å². The van der Waals surface area contributed by atoms with Gasteiger partial charge in [0.2, 0.25) is 0 Å². The minimum absolute atomic E-state index is 0.121. The molecule has 0 unspecified atom stereocenters. The quantitative estimate of drug-likeness (QED) is 0.880. The SMILES string of the molecule is Cc1cc(Cl)c(C(=O)NCC2CCC2)cn1. The van der Waals surface area contributed by atoms with Crippen LogP contribution in [-0.2, 0) is 0 Å². The van der Waals surface area contributed by atoms with Crippen molar-refractivity contribution in [2.24, 2.45) is 5.92 Å². The fourth-order valence-electron chi connectivity index (χ4n) is 1.72. The van der Waals surface area contributed by atoms with E-state index in [4.69, 9.17) is 11.6 Å². The molecule has 1 aromatic rings. The van der Waals surface area contributed by atoms with E-state index in [1.807, 2.05) is 6.92 Å². The molecule has 0 spiro atoms. The Labute approximate surface area is 100 Å². The molecule has 0 radical (unpaired) electrons. The van der Waals surface area contributed by atoms with Gasteiger partial charge < -0.3 is 5.32 Å². The van der Waals surface area contributed by atoms with Gasteiger partial charge in [-0.2, -0.15) is 0 Å². The van der Waals surface area contributed by atoms with Crippen molar-refractivity contribution in [2.45, 2.75) is 26.2 Å². The van der Waals surface area contributed by atoms with Gasteiger partial charge >= 0.3 is 0 Å². The summed E-state index contributed by atoms with van der Waals surface area (Å²) < 4.78 is 0. The average Bonchev–Trinajstić information content (AvgIpc) is 2.14. The predicted octanol–water partition coefficient (Wildman–Crippen LogP) is 2.57. The highest BCUT2D eigenvalue weighted by molar-refractivity contribution is 6.33. The number of nitrogens with one attached hydrogen (secondary N) is 1. The summed E-state index contributed by atoms with van der Waals surface area (Å²) >= 11 is 5.99. The molecule has 1 saturated carbocycles. The van der Waals surface area contributed by atoms with Crippen LogP contribution < -0.4 is 5.32 Å². The standard InChI is InChI=1S/C12H15ClN2O/c1-8-5-11(13)10(7-14-8)12(16)15-6-9-3-2-4-9/h5,7,9H,2-4,6H2,1H3,(H,15,16). The summed E-state index contributed by atoms with van der Waals surface area (Å²) in [6.45, 7) is 2.60. The molecule has 0 saturated heterocycles. The fourth-order valence-corrected chi connectivity index (χ4v) is 2.02. The van der Waals surface area contributed by atoms with Crippen LogP contribution in [-0.4, -0.2) is 17.4 Å². The van der Waals surface area contributed by atoms with Gasteiger partial charge in [-0.15, -0.1) is 0 Å². The van der Waals surface area contributed by atoms with Gasteiger partial charge in [-0.25, -0.2) is 0 Å². The number of hydrogen-bond donors (Lipinski definition) is 1. The summed E-state index contributed by atoms with van der Waals surface area (Å²) in [4.78, 5) is 15.9. The normalized spacial score (nSPS) is 15.6. The van der Waals surface area contributed by atoms with Crippen LogP contribution in [0, 0.1) is 12.8 Å². The third-order valence-electron chi connectivity index (χ3n) is 3.01. The van der Waals surface area contributed by atoms with Gasteiger partial charge in [0, 0.05) is 18.4 Å². The minimum Gasteiger partial charge on any atom is -0.352 e. The van der Waals surface area contributed by atoms with Crippen molar-refractivity contribution >= 4 is 17.5 Å². The highest BCUT2D eigenvalue weighted by Gasteiger charge is 2.19. The number of amides is 1. The number of halogens is 1. The Hall–Kier alpha value is -1.09. The Morgan fingerprint density at radius 1 is 1.62 bits per heavy atom. The lowest BCUT2D eigenvalue weighted by Crippen LogP contribution is -2.32. The van der Waals surface area contributed by atoms with Crippen LogP contribution in [0.2, 0.25) is 5.02 Å². The zero-order chi connectivity index (χ0) is 11.5. The number of carbonyl (C=O) groups is 1. The Morgan fingerprint density at radius 2 is 2.38 bits per heavy atom. The molecule has 1 aromatic heterocycles. The van der Waals surface area contributed by atoms with Crippen LogP contribution >= 0.6 is 11.6 Å². The first-order valence-electron chi connectivity index (χ1n) is 5.57. The smallest absolute Gasteiger partial charge is 0.254 e. The van der Waals surface area contributed by atoms with Crippen molar-refractivity contribution in [2.75, 3.05) is 6.54 Å². The Kier molecular flexibility index (Phi) is 3.44. The molecule has 0 aromatic carbocycles. The molecular weight excluding hydrogens is 224 g/mol. The second-order valence-electron chi connectivity index (χ2n) is 4.31. The van der Waals surface area contributed by atoms with Gasteiger partial charge in [-0.05, 0) is 31.7 Å². The van der Waals surface area contributed by atoms with Crippen molar-refractivity contribution in [3.63, 3.8) is 0 Å². The maximum absolute atomic E-state index is 11.8. The van der Waals surface area contributed by atoms with Crippen LogP contribution in [0.25, 0.3) is 0 Å². The largest absolute Gasteiger partial charge is 0.352 e. The summed E-state index contributed by atoms with van der Waals surface area (Å²) in [5, 5.41) is 3.37. The number of aryl methyl sites for hydroxylation is 1. The molecule has 1 heterocycles. The summed E-state index contributed by atoms with van der Waals surface area (Å²) in [5.74, 6) is 0.533. The zero-order valence-electron chi connectivity index (χ0n) is 9.29. The Bertz CT molecular complexity index is 402. The topological polar surface area (TPSA) is 42.0 Å². The van der Waals surface area contributed by atoms with Crippen LogP contribution in [0.4, 0.5) is 0 Å². The van der Waals surface area contributed by atoms with Crippen molar-refractivity contribution in [3.05, 3.63) is 28.5 Å². The lowest BCUT2D eigenvalue weighted by molar-refractivity contribution is 0.0939. The monoisotopic (exact) mass is 238 g/mol. The first-order chi connectivity index (χ1) is 7.66. The molecule has 0 bridgehead atoms. The van der Waals surface area contributed by atoms with E-state index >= 15 is 0 Å². The maximum atomic E-state index is 11.8. The van der Waals surface area contributed by atoms with E-state index in [1.54, 1.807) is 6.07 Å². The van der Waals surface area contributed by atoms with Crippen LogP contribution in [0.1, 0.15) is 35.3 Å².